The van der Waals surface area contributed by atoms with E-state index in [-0.39, 0.29) is 12.1 Å². The van der Waals surface area contributed by atoms with Gasteiger partial charge in [0.15, 0.2) is 0 Å². The van der Waals surface area contributed by atoms with E-state index in [0.717, 1.165) is 9.75 Å². The van der Waals surface area contributed by atoms with Crippen molar-refractivity contribution in [2.24, 2.45) is 5.73 Å². The van der Waals surface area contributed by atoms with Crippen LogP contribution < -0.4 is 10.5 Å². The van der Waals surface area contributed by atoms with E-state index in [4.69, 9.17) is 10.5 Å². The molecular weight excluding hydrogens is 272 g/mol. The number of hydrogen-bond acceptors (Lipinski definition) is 5. The first-order valence-electron chi connectivity index (χ1n) is 5.87. The first-order valence-corrected chi connectivity index (χ1v) is 8.17. The van der Waals surface area contributed by atoms with Gasteiger partial charge in [-0.05, 0) is 26.3 Å². The Bertz CT molecular complexity index is 524. The Morgan fingerprint density at radius 3 is 2.83 bits per heavy atom. The van der Waals surface area contributed by atoms with Gasteiger partial charge in [0.2, 0.25) is 10.0 Å². The van der Waals surface area contributed by atoms with Crippen LogP contribution in [0.5, 0.6) is 0 Å². The molecule has 0 saturated carbocycles. The lowest BCUT2D eigenvalue weighted by atomic mass is 10.2. The molecule has 7 heteroatoms. The minimum atomic E-state index is -3.47. The van der Waals surface area contributed by atoms with Gasteiger partial charge in [-0.2, -0.15) is 0 Å². The Labute approximate surface area is 111 Å². The van der Waals surface area contributed by atoms with Gasteiger partial charge in [-0.1, -0.05) is 0 Å². The molecule has 1 saturated heterocycles. The van der Waals surface area contributed by atoms with Crippen molar-refractivity contribution in [2.75, 3.05) is 6.61 Å². The molecule has 3 N–H and O–H groups in total. The molecular formula is C11H18N2O3S2. The largest absolute Gasteiger partial charge is 0.377 e. The molecule has 1 fully saturated rings. The third-order valence-electron chi connectivity index (χ3n) is 3.10. The highest BCUT2D eigenvalue weighted by atomic mass is 32.2. The zero-order chi connectivity index (χ0) is 13.3. The van der Waals surface area contributed by atoms with Gasteiger partial charge in [-0.25, -0.2) is 13.1 Å². The van der Waals surface area contributed by atoms with E-state index in [9.17, 15) is 8.42 Å². The van der Waals surface area contributed by atoms with E-state index in [1.54, 1.807) is 13.0 Å². The second-order valence-corrected chi connectivity index (χ2v) is 7.45. The summed E-state index contributed by atoms with van der Waals surface area (Å²) in [7, 11) is -3.47. The summed E-state index contributed by atoms with van der Waals surface area (Å²) in [5.41, 5.74) is 5.54. The van der Waals surface area contributed by atoms with Crippen LogP contribution in [0, 0.1) is 6.92 Å². The predicted octanol–water partition coefficient (Wildman–Crippen LogP) is 0.971. The summed E-state index contributed by atoms with van der Waals surface area (Å²) < 4.78 is 32.6. The minimum Gasteiger partial charge on any atom is -0.377 e. The molecule has 1 aliphatic heterocycles. The van der Waals surface area contributed by atoms with Crippen LogP contribution in [0.3, 0.4) is 0 Å². The predicted molar refractivity (Wildman–Crippen MR) is 71.1 cm³/mol. The van der Waals surface area contributed by atoms with Gasteiger partial charge in [0.05, 0.1) is 17.0 Å². The van der Waals surface area contributed by atoms with Crippen molar-refractivity contribution in [2.45, 2.75) is 43.9 Å². The summed E-state index contributed by atoms with van der Waals surface area (Å²) in [6.07, 6.45) is 0.639. The molecule has 0 spiro atoms. The minimum absolute atomic E-state index is 0.0762. The van der Waals surface area contributed by atoms with Crippen LogP contribution in [-0.4, -0.2) is 27.2 Å². The average molecular weight is 290 g/mol. The van der Waals surface area contributed by atoms with E-state index in [2.05, 4.69) is 4.72 Å². The van der Waals surface area contributed by atoms with Gasteiger partial charge in [0.1, 0.15) is 0 Å². The highest BCUT2D eigenvalue weighted by molar-refractivity contribution is 7.89. The molecule has 5 nitrogen and oxygen atoms in total. The summed E-state index contributed by atoms with van der Waals surface area (Å²) in [5, 5.41) is 0. The number of sulfonamides is 1. The van der Waals surface area contributed by atoms with Crippen molar-refractivity contribution < 1.29 is 13.2 Å². The zero-order valence-corrected chi connectivity index (χ0v) is 12.1. The molecule has 0 aliphatic carbocycles. The highest BCUT2D eigenvalue weighted by Crippen LogP contribution is 2.26. The summed E-state index contributed by atoms with van der Waals surface area (Å²) in [4.78, 5) is 1.99. The zero-order valence-electron chi connectivity index (χ0n) is 10.5. The number of rotatable bonds is 4. The van der Waals surface area contributed by atoms with Gasteiger partial charge >= 0.3 is 0 Å². The smallest absolute Gasteiger partial charge is 0.242 e. The van der Waals surface area contributed by atoms with Gasteiger partial charge in [0, 0.05) is 22.9 Å². The fraction of sp³-hybridized carbons (Fsp3) is 0.636. The van der Waals surface area contributed by atoms with Crippen LogP contribution >= 0.6 is 11.3 Å². The molecule has 2 heterocycles. The van der Waals surface area contributed by atoms with E-state index in [0.29, 0.717) is 24.5 Å². The lowest BCUT2D eigenvalue weighted by Crippen LogP contribution is -2.39. The second-order valence-electron chi connectivity index (χ2n) is 4.43. The molecule has 18 heavy (non-hydrogen) atoms. The molecule has 2 unspecified atom stereocenters. The Hall–Kier alpha value is -0.470. The summed E-state index contributed by atoms with van der Waals surface area (Å²) in [6.45, 7) is 4.65. The van der Waals surface area contributed by atoms with Gasteiger partial charge < -0.3 is 10.5 Å². The lowest BCUT2D eigenvalue weighted by molar-refractivity contribution is 0.117. The van der Waals surface area contributed by atoms with Crippen molar-refractivity contribution in [3.05, 3.63) is 15.8 Å². The Balaban J connectivity index is 2.22. The Morgan fingerprint density at radius 2 is 2.33 bits per heavy atom. The maximum absolute atomic E-state index is 12.3. The van der Waals surface area contributed by atoms with Crippen molar-refractivity contribution in [3.8, 4) is 0 Å². The monoisotopic (exact) mass is 290 g/mol. The Morgan fingerprint density at radius 1 is 1.61 bits per heavy atom. The summed E-state index contributed by atoms with van der Waals surface area (Å²) in [5.74, 6) is 0. The van der Waals surface area contributed by atoms with Gasteiger partial charge in [-0.15, -0.1) is 11.3 Å². The molecule has 102 valence electrons. The molecule has 0 radical (unpaired) electrons. The van der Waals surface area contributed by atoms with Crippen molar-refractivity contribution >= 4 is 21.4 Å². The third-order valence-corrected chi connectivity index (χ3v) is 5.91. The third kappa shape index (κ3) is 2.75. The standard InChI is InChI=1S/C11H18N2O3S2/c1-7-10(3-4-16-7)13-18(14,15)11-5-9(6-12)17-8(11)2/h5,7,10,13H,3-4,6,12H2,1-2H3. The fourth-order valence-electron chi connectivity index (χ4n) is 2.04. The first kappa shape index (κ1) is 14.0. The number of nitrogens with two attached hydrogens (primary N) is 1. The lowest BCUT2D eigenvalue weighted by Gasteiger charge is -2.15. The second kappa shape index (κ2) is 5.26. The van der Waals surface area contributed by atoms with E-state index >= 15 is 0 Å². The van der Waals surface area contributed by atoms with Crippen LogP contribution in [-0.2, 0) is 21.3 Å². The molecule has 1 aromatic heterocycles. The van der Waals surface area contributed by atoms with Crippen LogP contribution in [0.25, 0.3) is 0 Å². The maximum atomic E-state index is 12.3. The van der Waals surface area contributed by atoms with E-state index in [1.165, 1.54) is 11.3 Å². The number of hydrogen-bond donors (Lipinski definition) is 2. The number of thiophene rings is 1. The number of aryl methyl sites for hydroxylation is 1. The number of nitrogens with one attached hydrogen (secondary N) is 1. The van der Waals surface area contributed by atoms with Crippen LogP contribution in [0.15, 0.2) is 11.0 Å². The van der Waals surface area contributed by atoms with Crippen molar-refractivity contribution in [1.82, 2.24) is 4.72 Å². The molecule has 1 aliphatic rings. The number of ether oxygens (including phenoxy) is 1. The molecule has 0 amide bonds. The normalized spacial score (nSPS) is 24.6. The van der Waals surface area contributed by atoms with Gasteiger partial charge in [-0.3, -0.25) is 0 Å². The topological polar surface area (TPSA) is 81.4 Å². The summed E-state index contributed by atoms with van der Waals surface area (Å²) in [6, 6.07) is 1.51. The van der Waals surface area contributed by atoms with Crippen molar-refractivity contribution in [3.63, 3.8) is 0 Å². The van der Waals surface area contributed by atoms with Crippen LogP contribution in [0.1, 0.15) is 23.1 Å². The van der Waals surface area contributed by atoms with Gasteiger partial charge in [0.25, 0.3) is 0 Å². The molecule has 2 atom stereocenters. The van der Waals surface area contributed by atoms with E-state index < -0.39 is 10.0 Å². The quantitative estimate of drug-likeness (QED) is 0.866. The SMILES string of the molecule is Cc1sc(CN)cc1S(=O)(=O)NC1CCOC1C. The highest BCUT2D eigenvalue weighted by Gasteiger charge is 2.30. The fourth-order valence-corrected chi connectivity index (χ4v) is 4.89. The first-order chi connectivity index (χ1) is 8.44. The Kier molecular flexibility index (Phi) is 4.08. The van der Waals surface area contributed by atoms with E-state index in [1.807, 2.05) is 6.92 Å². The van der Waals surface area contributed by atoms with Crippen LogP contribution in [0.4, 0.5) is 0 Å². The summed E-state index contributed by atoms with van der Waals surface area (Å²) >= 11 is 1.42. The molecule has 0 bridgehead atoms. The molecule has 2 rings (SSSR count). The van der Waals surface area contributed by atoms with Crippen LogP contribution in [0.2, 0.25) is 0 Å². The maximum Gasteiger partial charge on any atom is 0.242 e. The average Bonchev–Trinajstić information content (AvgIpc) is 2.86. The molecule has 1 aromatic rings. The molecule has 0 aromatic carbocycles. The van der Waals surface area contributed by atoms with Crippen molar-refractivity contribution in [1.29, 1.82) is 0 Å².